The third-order valence-electron chi connectivity index (χ3n) is 1.83. The first kappa shape index (κ1) is 14.9. The number of benzene rings is 1. The van der Waals surface area contributed by atoms with Crippen molar-refractivity contribution in [1.82, 2.24) is 0 Å². The molecule has 0 fully saturated rings. The van der Waals surface area contributed by atoms with E-state index in [1.807, 2.05) is 12.1 Å². The van der Waals surface area contributed by atoms with Gasteiger partial charge in [0.25, 0.3) is 0 Å². The van der Waals surface area contributed by atoms with Crippen molar-refractivity contribution in [2.75, 3.05) is 12.9 Å². The molecule has 86 valence electrons. The second kappa shape index (κ2) is 7.23. The van der Waals surface area contributed by atoms with Crippen LogP contribution in [0.1, 0.15) is 12.5 Å². The molecule has 0 aliphatic rings. The molecule has 1 aromatic rings. The Morgan fingerprint density at radius 1 is 1.47 bits per heavy atom. The van der Waals surface area contributed by atoms with Crippen molar-refractivity contribution in [3.63, 3.8) is 0 Å². The molecule has 5 heteroatoms. The molecule has 1 aromatic carbocycles. The van der Waals surface area contributed by atoms with Crippen molar-refractivity contribution in [2.45, 2.75) is 18.4 Å². The highest BCUT2D eigenvalue weighted by molar-refractivity contribution is 7.99. The standard InChI is InChI=1S/C10H14ClNOS.ClH/c1-3-14-10-7(6-12)4-8(11)5-9(10)13-2;/h4-5H,3,6,12H2,1-2H3;1H. The van der Waals surface area contributed by atoms with E-state index in [0.29, 0.717) is 11.6 Å². The Morgan fingerprint density at radius 3 is 2.60 bits per heavy atom. The average molecular weight is 268 g/mol. The summed E-state index contributed by atoms with van der Waals surface area (Å²) in [5.74, 6) is 1.80. The Hall–Kier alpha value is -0.0900. The fourth-order valence-electron chi connectivity index (χ4n) is 1.23. The molecule has 0 bridgehead atoms. The molecule has 0 saturated carbocycles. The summed E-state index contributed by atoms with van der Waals surface area (Å²) < 4.78 is 5.26. The number of halogens is 2. The zero-order valence-electron chi connectivity index (χ0n) is 8.75. The van der Waals surface area contributed by atoms with Crippen LogP contribution in [-0.4, -0.2) is 12.9 Å². The predicted octanol–water partition coefficient (Wildman–Crippen LogP) is 3.34. The summed E-state index contributed by atoms with van der Waals surface area (Å²) in [5, 5.41) is 0.669. The molecule has 0 amide bonds. The summed E-state index contributed by atoms with van der Waals surface area (Å²) in [5.41, 5.74) is 6.69. The smallest absolute Gasteiger partial charge is 0.134 e. The minimum atomic E-state index is 0. The van der Waals surface area contributed by atoms with Crippen LogP contribution < -0.4 is 10.5 Å². The normalized spacial score (nSPS) is 9.60. The van der Waals surface area contributed by atoms with Crippen molar-refractivity contribution >= 4 is 35.8 Å². The topological polar surface area (TPSA) is 35.2 Å². The van der Waals surface area contributed by atoms with E-state index in [4.69, 9.17) is 22.1 Å². The van der Waals surface area contributed by atoms with E-state index in [1.54, 1.807) is 18.9 Å². The van der Waals surface area contributed by atoms with E-state index < -0.39 is 0 Å². The van der Waals surface area contributed by atoms with Gasteiger partial charge in [0.2, 0.25) is 0 Å². The third kappa shape index (κ3) is 3.76. The van der Waals surface area contributed by atoms with Crippen LogP contribution >= 0.6 is 35.8 Å². The van der Waals surface area contributed by atoms with Crippen LogP contribution in [0, 0.1) is 0 Å². The lowest BCUT2D eigenvalue weighted by Gasteiger charge is -2.12. The van der Waals surface area contributed by atoms with Gasteiger partial charge in [-0.15, -0.1) is 24.2 Å². The number of ether oxygens (including phenoxy) is 1. The molecule has 0 saturated heterocycles. The Bertz CT molecular complexity index is 295. The SMILES string of the molecule is CCSc1c(CN)cc(Cl)cc1OC.Cl. The highest BCUT2D eigenvalue weighted by Crippen LogP contribution is 2.35. The Morgan fingerprint density at radius 2 is 2.13 bits per heavy atom. The van der Waals surface area contributed by atoms with Crippen molar-refractivity contribution < 1.29 is 4.74 Å². The van der Waals surface area contributed by atoms with Gasteiger partial charge < -0.3 is 10.5 Å². The van der Waals surface area contributed by atoms with E-state index >= 15 is 0 Å². The Kier molecular flexibility index (Phi) is 7.18. The Balaban J connectivity index is 0.00000196. The van der Waals surface area contributed by atoms with Gasteiger partial charge in [-0.2, -0.15) is 0 Å². The first-order valence-electron chi connectivity index (χ1n) is 4.42. The molecular weight excluding hydrogens is 253 g/mol. The quantitative estimate of drug-likeness (QED) is 0.850. The number of hydrogen-bond donors (Lipinski definition) is 1. The third-order valence-corrected chi connectivity index (χ3v) is 3.08. The van der Waals surface area contributed by atoms with Crippen molar-refractivity contribution in [1.29, 1.82) is 0 Å². The van der Waals surface area contributed by atoms with Crippen molar-refractivity contribution in [3.05, 3.63) is 22.7 Å². The van der Waals surface area contributed by atoms with Gasteiger partial charge in [-0.05, 0) is 23.4 Å². The van der Waals surface area contributed by atoms with Crippen LogP contribution in [0.5, 0.6) is 5.75 Å². The maximum absolute atomic E-state index is 5.93. The lowest BCUT2D eigenvalue weighted by Crippen LogP contribution is -2.00. The molecule has 1 rings (SSSR count). The summed E-state index contributed by atoms with van der Waals surface area (Å²) in [7, 11) is 1.64. The molecule has 0 aliphatic heterocycles. The van der Waals surface area contributed by atoms with E-state index in [1.165, 1.54) is 0 Å². The predicted molar refractivity (Wildman–Crippen MR) is 69.5 cm³/mol. The maximum atomic E-state index is 5.93. The van der Waals surface area contributed by atoms with E-state index in [0.717, 1.165) is 22.0 Å². The van der Waals surface area contributed by atoms with Crippen LogP contribution in [0.15, 0.2) is 17.0 Å². The fraction of sp³-hybridized carbons (Fsp3) is 0.400. The van der Waals surface area contributed by atoms with Gasteiger partial charge in [-0.3, -0.25) is 0 Å². The lowest BCUT2D eigenvalue weighted by molar-refractivity contribution is 0.404. The van der Waals surface area contributed by atoms with E-state index in [9.17, 15) is 0 Å². The number of thioether (sulfide) groups is 1. The minimum absolute atomic E-state index is 0. The second-order valence-corrected chi connectivity index (χ2v) is 4.44. The van der Waals surface area contributed by atoms with E-state index in [2.05, 4.69) is 6.92 Å². The largest absolute Gasteiger partial charge is 0.496 e. The zero-order chi connectivity index (χ0) is 10.6. The summed E-state index contributed by atoms with van der Waals surface area (Å²) in [6, 6.07) is 3.71. The van der Waals surface area contributed by atoms with Crippen LogP contribution in [0.25, 0.3) is 0 Å². The number of hydrogen-bond acceptors (Lipinski definition) is 3. The van der Waals surface area contributed by atoms with Crippen LogP contribution in [0.4, 0.5) is 0 Å². The molecule has 0 radical (unpaired) electrons. The van der Waals surface area contributed by atoms with Gasteiger partial charge in [-0.1, -0.05) is 18.5 Å². The second-order valence-electron chi connectivity index (χ2n) is 2.73. The van der Waals surface area contributed by atoms with Crippen LogP contribution in [0.2, 0.25) is 5.02 Å². The number of methoxy groups -OCH3 is 1. The van der Waals surface area contributed by atoms with Crippen molar-refractivity contribution in [2.24, 2.45) is 5.73 Å². The molecule has 0 aromatic heterocycles. The molecule has 2 nitrogen and oxygen atoms in total. The molecule has 0 unspecified atom stereocenters. The maximum Gasteiger partial charge on any atom is 0.134 e. The van der Waals surface area contributed by atoms with Crippen LogP contribution in [0.3, 0.4) is 0 Å². The Labute approximate surface area is 106 Å². The molecule has 2 N–H and O–H groups in total. The molecule has 0 atom stereocenters. The summed E-state index contributed by atoms with van der Waals surface area (Å²) >= 11 is 7.66. The first-order valence-corrected chi connectivity index (χ1v) is 5.78. The highest BCUT2D eigenvalue weighted by Gasteiger charge is 2.09. The average Bonchev–Trinajstić information content (AvgIpc) is 2.20. The fourth-order valence-corrected chi connectivity index (χ4v) is 2.37. The highest BCUT2D eigenvalue weighted by atomic mass is 35.5. The van der Waals surface area contributed by atoms with Gasteiger partial charge in [0.05, 0.1) is 12.0 Å². The van der Waals surface area contributed by atoms with E-state index in [-0.39, 0.29) is 12.4 Å². The van der Waals surface area contributed by atoms with Gasteiger partial charge in [0, 0.05) is 11.6 Å². The van der Waals surface area contributed by atoms with Crippen molar-refractivity contribution in [3.8, 4) is 5.75 Å². The summed E-state index contributed by atoms with van der Waals surface area (Å²) in [6.07, 6.45) is 0. The molecule has 0 spiro atoms. The number of nitrogens with two attached hydrogens (primary N) is 1. The monoisotopic (exact) mass is 267 g/mol. The molecule has 0 aliphatic carbocycles. The molecule has 15 heavy (non-hydrogen) atoms. The van der Waals surface area contributed by atoms with Gasteiger partial charge in [-0.25, -0.2) is 0 Å². The zero-order valence-corrected chi connectivity index (χ0v) is 11.1. The summed E-state index contributed by atoms with van der Waals surface area (Å²) in [4.78, 5) is 1.10. The summed E-state index contributed by atoms with van der Waals surface area (Å²) in [6.45, 7) is 2.58. The minimum Gasteiger partial charge on any atom is -0.496 e. The molecule has 0 heterocycles. The van der Waals surface area contributed by atoms with Crippen LogP contribution in [-0.2, 0) is 6.54 Å². The van der Waals surface area contributed by atoms with Gasteiger partial charge in [0.15, 0.2) is 0 Å². The van der Waals surface area contributed by atoms with Gasteiger partial charge in [0.1, 0.15) is 5.75 Å². The number of rotatable bonds is 4. The first-order chi connectivity index (χ1) is 6.72. The lowest BCUT2D eigenvalue weighted by atomic mass is 10.2. The van der Waals surface area contributed by atoms with Gasteiger partial charge >= 0.3 is 0 Å². The molecular formula is C10H15Cl2NOS.